The molecule has 2 atom stereocenters. The molecule has 0 nitrogen and oxygen atoms in total. The second kappa shape index (κ2) is 5.59. The SMILES string of the molecule is CC(Br)CC(C)Cc1c(F)cccc1F. The molecule has 15 heavy (non-hydrogen) atoms. The minimum absolute atomic E-state index is 0.207. The van der Waals surface area contributed by atoms with Crippen LogP contribution < -0.4 is 0 Å². The predicted molar refractivity (Wildman–Crippen MR) is 62.2 cm³/mol. The molecule has 0 fully saturated rings. The molecule has 0 aromatic heterocycles. The standard InChI is InChI=1S/C12H15BrF2/c1-8(6-9(2)13)7-10-11(14)4-3-5-12(10)15/h3-5,8-9H,6-7H2,1-2H3. The molecule has 2 unspecified atom stereocenters. The van der Waals surface area contributed by atoms with Crippen LogP contribution in [0.1, 0.15) is 25.8 Å². The van der Waals surface area contributed by atoms with Crippen molar-refractivity contribution in [2.45, 2.75) is 31.5 Å². The van der Waals surface area contributed by atoms with Crippen molar-refractivity contribution in [2.24, 2.45) is 5.92 Å². The van der Waals surface area contributed by atoms with Gasteiger partial charge in [0.25, 0.3) is 0 Å². The second-order valence-electron chi connectivity index (χ2n) is 4.03. The smallest absolute Gasteiger partial charge is 0.129 e. The van der Waals surface area contributed by atoms with Crippen LogP contribution in [0.15, 0.2) is 18.2 Å². The van der Waals surface area contributed by atoms with Crippen LogP contribution in [0.4, 0.5) is 8.78 Å². The Kier molecular flexibility index (Phi) is 4.71. The summed E-state index contributed by atoms with van der Waals surface area (Å²) < 4.78 is 26.6. The van der Waals surface area contributed by atoms with Crippen molar-refractivity contribution in [3.63, 3.8) is 0 Å². The molecule has 3 heteroatoms. The van der Waals surface area contributed by atoms with E-state index in [2.05, 4.69) is 15.9 Å². The summed E-state index contributed by atoms with van der Waals surface area (Å²) in [4.78, 5) is 0.377. The molecule has 1 rings (SSSR count). The molecule has 0 aliphatic rings. The first-order valence-corrected chi connectivity index (χ1v) is 5.99. The number of hydrogen-bond acceptors (Lipinski definition) is 0. The number of hydrogen-bond donors (Lipinski definition) is 0. The van der Waals surface area contributed by atoms with E-state index >= 15 is 0 Å². The maximum absolute atomic E-state index is 13.3. The monoisotopic (exact) mass is 276 g/mol. The minimum atomic E-state index is -0.441. The molecular weight excluding hydrogens is 262 g/mol. The van der Waals surface area contributed by atoms with E-state index in [1.165, 1.54) is 18.2 Å². The van der Waals surface area contributed by atoms with Crippen LogP contribution in [0.25, 0.3) is 0 Å². The third kappa shape index (κ3) is 3.90. The van der Waals surface area contributed by atoms with Gasteiger partial charge in [-0.05, 0) is 30.9 Å². The Morgan fingerprint density at radius 1 is 1.20 bits per heavy atom. The molecule has 0 bridgehead atoms. The summed E-state index contributed by atoms with van der Waals surface area (Å²) in [6.45, 7) is 4.04. The molecule has 84 valence electrons. The average Bonchev–Trinajstić information content (AvgIpc) is 2.10. The van der Waals surface area contributed by atoms with Gasteiger partial charge in [-0.1, -0.05) is 35.8 Å². The molecule has 0 aliphatic heterocycles. The molecule has 0 heterocycles. The zero-order valence-corrected chi connectivity index (χ0v) is 10.5. The van der Waals surface area contributed by atoms with Gasteiger partial charge >= 0.3 is 0 Å². The Morgan fingerprint density at radius 2 is 1.73 bits per heavy atom. The highest BCUT2D eigenvalue weighted by molar-refractivity contribution is 9.09. The van der Waals surface area contributed by atoms with Gasteiger partial charge in [0.05, 0.1) is 0 Å². The molecule has 1 aromatic rings. The predicted octanol–water partition coefficient (Wildman–Crippen LogP) is 4.32. The molecule has 1 aromatic carbocycles. The van der Waals surface area contributed by atoms with Crippen molar-refractivity contribution >= 4 is 15.9 Å². The van der Waals surface area contributed by atoms with Crippen molar-refractivity contribution in [3.8, 4) is 0 Å². The van der Waals surface area contributed by atoms with Gasteiger partial charge in [-0.3, -0.25) is 0 Å². The lowest BCUT2D eigenvalue weighted by atomic mass is 9.96. The lowest BCUT2D eigenvalue weighted by Crippen LogP contribution is -2.08. The number of halogens is 3. The molecule has 0 spiro atoms. The zero-order chi connectivity index (χ0) is 11.4. The van der Waals surface area contributed by atoms with Crippen molar-refractivity contribution in [2.75, 3.05) is 0 Å². The molecule has 0 N–H and O–H groups in total. The first kappa shape index (κ1) is 12.6. The molecule has 0 radical (unpaired) electrons. The first-order chi connectivity index (χ1) is 7.00. The van der Waals surface area contributed by atoms with E-state index in [1.807, 2.05) is 13.8 Å². The fourth-order valence-corrected chi connectivity index (χ4v) is 2.35. The quantitative estimate of drug-likeness (QED) is 0.719. The highest BCUT2D eigenvalue weighted by atomic mass is 79.9. The number of rotatable bonds is 4. The fraction of sp³-hybridized carbons (Fsp3) is 0.500. The van der Waals surface area contributed by atoms with E-state index in [0.29, 0.717) is 11.2 Å². The van der Waals surface area contributed by atoms with E-state index in [9.17, 15) is 8.78 Å². The summed E-state index contributed by atoms with van der Waals surface area (Å²) in [5, 5.41) is 0. The van der Waals surface area contributed by atoms with Crippen LogP contribution in [0.2, 0.25) is 0 Å². The third-order valence-corrected chi connectivity index (χ3v) is 2.72. The van der Waals surface area contributed by atoms with Gasteiger partial charge < -0.3 is 0 Å². The third-order valence-electron chi connectivity index (χ3n) is 2.34. The maximum Gasteiger partial charge on any atom is 0.129 e. The zero-order valence-electron chi connectivity index (χ0n) is 8.93. The van der Waals surface area contributed by atoms with Crippen molar-refractivity contribution in [3.05, 3.63) is 35.4 Å². The summed E-state index contributed by atoms with van der Waals surface area (Å²) in [5.74, 6) is -0.612. The second-order valence-corrected chi connectivity index (χ2v) is 5.59. The van der Waals surface area contributed by atoms with Gasteiger partial charge in [-0.25, -0.2) is 8.78 Å². The van der Waals surface area contributed by atoms with E-state index in [1.54, 1.807) is 0 Å². The van der Waals surface area contributed by atoms with Crippen molar-refractivity contribution < 1.29 is 8.78 Å². The lowest BCUT2D eigenvalue weighted by molar-refractivity contribution is 0.486. The van der Waals surface area contributed by atoms with E-state index in [4.69, 9.17) is 0 Å². The highest BCUT2D eigenvalue weighted by Gasteiger charge is 2.13. The van der Waals surface area contributed by atoms with Gasteiger partial charge in [0.1, 0.15) is 11.6 Å². The summed E-state index contributed by atoms with van der Waals surface area (Å²) in [5.41, 5.74) is 0.207. The van der Waals surface area contributed by atoms with Gasteiger partial charge in [0.2, 0.25) is 0 Å². The molecule has 0 saturated carbocycles. The molecule has 0 amide bonds. The van der Waals surface area contributed by atoms with Crippen molar-refractivity contribution in [1.82, 2.24) is 0 Å². The van der Waals surface area contributed by atoms with Gasteiger partial charge in [-0.15, -0.1) is 0 Å². The van der Waals surface area contributed by atoms with Gasteiger partial charge in [0.15, 0.2) is 0 Å². The average molecular weight is 277 g/mol. The highest BCUT2D eigenvalue weighted by Crippen LogP contribution is 2.21. The van der Waals surface area contributed by atoms with Crippen LogP contribution in [-0.2, 0) is 6.42 Å². The largest absolute Gasteiger partial charge is 0.207 e. The summed E-state index contributed by atoms with van der Waals surface area (Å²) in [7, 11) is 0. The fourth-order valence-electron chi connectivity index (χ4n) is 1.71. The van der Waals surface area contributed by atoms with E-state index in [0.717, 1.165) is 6.42 Å². The van der Waals surface area contributed by atoms with Crippen molar-refractivity contribution in [1.29, 1.82) is 0 Å². The van der Waals surface area contributed by atoms with Crippen LogP contribution in [0, 0.1) is 17.6 Å². The summed E-state index contributed by atoms with van der Waals surface area (Å²) in [6.07, 6.45) is 1.36. The lowest BCUT2D eigenvalue weighted by Gasteiger charge is -2.13. The van der Waals surface area contributed by atoms with Crippen LogP contribution in [-0.4, -0.2) is 4.83 Å². The Morgan fingerprint density at radius 3 is 2.20 bits per heavy atom. The molecular formula is C12H15BrF2. The number of benzene rings is 1. The number of alkyl halides is 1. The van der Waals surface area contributed by atoms with Crippen LogP contribution in [0.5, 0.6) is 0 Å². The Balaban J connectivity index is 2.71. The Hall–Kier alpha value is -0.440. The molecule has 0 saturated heterocycles. The van der Waals surface area contributed by atoms with Crippen LogP contribution >= 0.6 is 15.9 Å². The Labute approximate surface area is 97.8 Å². The maximum atomic E-state index is 13.3. The summed E-state index contributed by atoms with van der Waals surface area (Å²) >= 11 is 3.44. The molecule has 0 aliphatic carbocycles. The van der Waals surface area contributed by atoms with Gasteiger partial charge in [0, 0.05) is 10.4 Å². The van der Waals surface area contributed by atoms with Crippen LogP contribution in [0.3, 0.4) is 0 Å². The van der Waals surface area contributed by atoms with Gasteiger partial charge in [-0.2, -0.15) is 0 Å². The Bertz CT molecular complexity index is 303. The van der Waals surface area contributed by atoms with E-state index in [-0.39, 0.29) is 11.5 Å². The summed E-state index contributed by atoms with van der Waals surface area (Å²) in [6, 6.07) is 4.01. The topological polar surface area (TPSA) is 0 Å². The van der Waals surface area contributed by atoms with E-state index < -0.39 is 11.6 Å². The first-order valence-electron chi connectivity index (χ1n) is 5.07. The normalized spacial score (nSPS) is 15.0. The minimum Gasteiger partial charge on any atom is -0.207 e.